The Labute approximate surface area is 144 Å². The van der Waals surface area contributed by atoms with Crippen LogP contribution < -0.4 is 4.74 Å². The van der Waals surface area contributed by atoms with Crippen LogP contribution in [0.15, 0.2) is 77.3 Å². The summed E-state index contributed by atoms with van der Waals surface area (Å²) in [5.74, 6) is 0.997. The highest BCUT2D eigenvalue weighted by Gasteiger charge is 2.23. The number of furan rings is 1. The van der Waals surface area contributed by atoms with Crippen LogP contribution in [0.5, 0.6) is 5.75 Å². The number of benzene rings is 2. The Morgan fingerprint density at radius 1 is 1.00 bits per heavy atom. The molecule has 0 bridgehead atoms. The van der Waals surface area contributed by atoms with Crippen molar-refractivity contribution >= 4 is 16.8 Å². The van der Waals surface area contributed by atoms with Crippen molar-refractivity contribution in [1.82, 2.24) is 4.98 Å². The summed E-state index contributed by atoms with van der Waals surface area (Å²) in [6.07, 6.45) is 1.68. The molecule has 0 spiro atoms. The Kier molecular flexibility index (Phi) is 3.78. The maximum absolute atomic E-state index is 13.2. The Bertz CT molecular complexity index is 1050. The molecule has 4 aromatic rings. The van der Waals surface area contributed by atoms with Gasteiger partial charge in [0.25, 0.3) is 0 Å². The van der Waals surface area contributed by atoms with E-state index in [0.717, 1.165) is 5.39 Å². The largest absolute Gasteiger partial charge is 0.497 e. The smallest absolute Gasteiger partial charge is 0.197 e. The first-order valence-electron chi connectivity index (χ1n) is 7.89. The van der Waals surface area contributed by atoms with E-state index < -0.39 is 0 Å². The van der Waals surface area contributed by atoms with Crippen LogP contribution in [0, 0.1) is 0 Å². The molecule has 4 nitrogen and oxygen atoms in total. The predicted octanol–water partition coefficient (Wildman–Crippen LogP) is 4.73. The van der Waals surface area contributed by atoms with E-state index in [9.17, 15) is 4.79 Å². The van der Waals surface area contributed by atoms with Crippen molar-refractivity contribution in [2.24, 2.45) is 0 Å². The molecule has 0 unspecified atom stereocenters. The lowest BCUT2D eigenvalue weighted by molar-refractivity contribution is 0.104. The van der Waals surface area contributed by atoms with E-state index in [4.69, 9.17) is 9.15 Å². The summed E-state index contributed by atoms with van der Waals surface area (Å²) in [6.45, 7) is 0. The average molecular weight is 329 g/mol. The van der Waals surface area contributed by atoms with Crippen molar-refractivity contribution in [3.05, 3.63) is 84.1 Å². The van der Waals surface area contributed by atoms with E-state index in [2.05, 4.69) is 4.98 Å². The molecule has 122 valence electrons. The summed E-state index contributed by atoms with van der Waals surface area (Å²) in [5, 5.41) is 0.774. The van der Waals surface area contributed by atoms with Gasteiger partial charge in [0.2, 0.25) is 0 Å². The molecular weight excluding hydrogens is 314 g/mol. The van der Waals surface area contributed by atoms with Crippen molar-refractivity contribution in [2.45, 2.75) is 0 Å². The number of pyridine rings is 1. The van der Waals surface area contributed by atoms with E-state index >= 15 is 0 Å². The second-order valence-corrected chi connectivity index (χ2v) is 5.58. The van der Waals surface area contributed by atoms with Gasteiger partial charge in [0, 0.05) is 17.1 Å². The highest BCUT2D eigenvalue weighted by molar-refractivity contribution is 6.19. The summed E-state index contributed by atoms with van der Waals surface area (Å²) in [4.78, 5) is 17.6. The fourth-order valence-corrected chi connectivity index (χ4v) is 2.86. The van der Waals surface area contributed by atoms with Crippen molar-refractivity contribution in [1.29, 1.82) is 0 Å². The maximum Gasteiger partial charge on any atom is 0.197 e. The van der Waals surface area contributed by atoms with Crippen molar-refractivity contribution in [2.75, 3.05) is 7.11 Å². The molecule has 0 saturated heterocycles. The summed E-state index contributed by atoms with van der Waals surface area (Å²) in [5.41, 5.74) is 2.35. The Balaban J connectivity index is 1.95. The van der Waals surface area contributed by atoms with Crippen LogP contribution in [-0.2, 0) is 0 Å². The second kappa shape index (κ2) is 6.24. The second-order valence-electron chi connectivity index (χ2n) is 5.58. The Morgan fingerprint density at radius 2 is 1.84 bits per heavy atom. The third-order valence-electron chi connectivity index (χ3n) is 4.05. The number of carbonyl (C=O) groups excluding carboxylic acids is 1. The van der Waals surface area contributed by atoms with Gasteiger partial charge >= 0.3 is 0 Å². The van der Waals surface area contributed by atoms with Crippen LogP contribution in [0.1, 0.15) is 15.9 Å². The van der Waals surface area contributed by atoms with E-state index in [1.807, 2.05) is 48.5 Å². The minimum atomic E-state index is -0.121. The third kappa shape index (κ3) is 2.68. The first-order valence-corrected chi connectivity index (χ1v) is 7.89. The average Bonchev–Trinajstić information content (AvgIpc) is 3.07. The van der Waals surface area contributed by atoms with Gasteiger partial charge in [0.05, 0.1) is 12.7 Å². The molecule has 0 atom stereocenters. The summed E-state index contributed by atoms with van der Waals surface area (Å²) >= 11 is 0. The number of para-hydroxylation sites is 1. The zero-order chi connectivity index (χ0) is 17.2. The van der Waals surface area contributed by atoms with Crippen molar-refractivity contribution in [3.63, 3.8) is 0 Å². The highest BCUT2D eigenvalue weighted by Crippen LogP contribution is 2.34. The highest BCUT2D eigenvalue weighted by atomic mass is 16.5. The summed E-state index contributed by atoms with van der Waals surface area (Å²) in [7, 11) is 1.58. The molecule has 2 heterocycles. The number of hydrogen-bond acceptors (Lipinski definition) is 4. The van der Waals surface area contributed by atoms with Crippen LogP contribution in [0.4, 0.5) is 0 Å². The molecule has 0 fully saturated rings. The zero-order valence-corrected chi connectivity index (χ0v) is 13.6. The minimum absolute atomic E-state index is 0.121. The zero-order valence-electron chi connectivity index (χ0n) is 13.6. The molecule has 2 aromatic heterocycles. The van der Waals surface area contributed by atoms with Gasteiger partial charge in [-0.1, -0.05) is 36.4 Å². The van der Waals surface area contributed by atoms with Crippen LogP contribution in [0.25, 0.3) is 22.4 Å². The summed E-state index contributed by atoms with van der Waals surface area (Å²) in [6, 6.07) is 20.2. The third-order valence-corrected chi connectivity index (χ3v) is 4.05. The molecule has 0 N–H and O–H groups in total. The van der Waals surface area contributed by atoms with E-state index in [0.29, 0.717) is 33.9 Å². The van der Waals surface area contributed by atoms with Crippen LogP contribution in [0.3, 0.4) is 0 Å². The number of hydrogen-bond donors (Lipinski definition) is 0. The molecule has 4 heteroatoms. The van der Waals surface area contributed by atoms with Gasteiger partial charge in [0.1, 0.15) is 17.0 Å². The number of carbonyl (C=O) groups is 1. The molecule has 2 aromatic carbocycles. The number of aromatic nitrogens is 1. The first-order chi connectivity index (χ1) is 12.3. The van der Waals surface area contributed by atoms with E-state index in [1.165, 1.54) is 0 Å². The van der Waals surface area contributed by atoms with Gasteiger partial charge in [-0.25, -0.2) is 0 Å². The monoisotopic (exact) mass is 329 g/mol. The minimum Gasteiger partial charge on any atom is -0.497 e. The molecule has 0 aliphatic rings. The molecule has 25 heavy (non-hydrogen) atoms. The first kappa shape index (κ1) is 15.1. The number of rotatable bonds is 4. The van der Waals surface area contributed by atoms with E-state index in [1.54, 1.807) is 31.5 Å². The van der Waals surface area contributed by atoms with Crippen molar-refractivity contribution < 1.29 is 13.9 Å². The number of fused-ring (bicyclic) bond motifs is 1. The quantitative estimate of drug-likeness (QED) is 0.508. The van der Waals surface area contributed by atoms with Gasteiger partial charge in [-0.05, 0) is 30.3 Å². The molecule has 0 saturated carbocycles. The number of ether oxygens (including phenoxy) is 1. The van der Waals surface area contributed by atoms with Gasteiger partial charge in [-0.2, -0.15) is 0 Å². The molecule has 0 amide bonds. The molecule has 0 aliphatic heterocycles. The number of ketones is 1. The standard InChI is InChI=1S/C21H15NO3/c1-24-15-8-6-7-14(13-15)20(23)19-16-9-2-3-11-18(16)25-21(19)17-10-4-5-12-22-17/h2-13H,1H3. The number of methoxy groups -OCH3 is 1. The Morgan fingerprint density at radius 3 is 2.64 bits per heavy atom. The molecule has 0 radical (unpaired) electrons. The van der Waals surface area contributed by atoms with Crippen LogP contribution in [-0.4, -0.2) is 17.9 Å². The van der Waals surface area contributed by atoms with Gasteiger partial charge in [0.15, 0.2) is 11.5 Å². The van der Waals surface area contributed by atoms with Gasteiger partial charge in [-0.15, -0.1) is 0 Å². The normalized spacial score (nSPS) is 10.8. The summed E-state index contributed by atoms with van der Waals surface area (Å²) < 4.78 is 11.2. The van der Waals surface area contributed by atoms with Crippen LogP contribution in [0.2, 0.25) is 0 Å². The maximum atomic E-state index is 13.2. The van der Waals surface area contributed by atoms with E-state index in [-0.39, 0.29) is 5.78 Å². The molecular formula is C21H15NO3. The predicted molar refractivity (Wildman–Crippen MR) is 95.9 cm³/mol. The fraction of sp³-hybridized carbons (Fsp3) is 0.0476. The fourth-order valence-electron chi connectivity index (χ4n) is 2.86. The van der Waals surface area contributed by atoms with Crippen molar-refractivity contribution in [3.8, 4) is 17.2 Å². The van der Waals surface area contributed by atoms with Gasteiger partial charge < -0.3 is 9.15 Å². The topological polar surface area (TPSA) is 52.3 Å². The molecule has 0 aliphatic carbocycles. The lowest BCUT2D eigenvalue weighted by Crippen LogP contribution is -2.03. The lowest BCUT2D eigenvalue weighted by Gasteiger charge is -2.05. The Hall–Kier alpha value is -3.40. The van der Waals surface area contributed by atoms with Crippen LogP contribution >= 0.6 is 0 Å². The SMILES string of the molecule is COc1cccc(C(=O)c2c(-c3ccccn3)oc3ccccc23)c1. The molecule has 4 rings (SSSR count). The lowest BCUT2D eigenvalue weighted by atomic mass is 9.99. The van der Waals surface area contributed by atoms with Gasteiger partial charge in [-0.3, -0.25) is 9.78 Å². The number of nitrogens with zero attached hydrogens (tertiary/aromatic N) is 1.